The summed E-state index contributed by atoms with van der Waals surface area (Å²) in [6.45, 7) is 0. The van der Waals surface area contributed by atoms with Gasteiger partial charge in [-0.25, -0.2) is 0 Å². The van der Waals surface area contributed by atoms with E-state index < -0.39 is 0 Å². The number of halogens is 4. The van der Waals surface area contributed by atoms with Gasteiger partial charge in [-0.1, -0.05) is 0 Å². The zero-order valence-corrected chi connectivity index (χ0v) is 13.1. The van der Waals surface area contributed by atoms with Crippen molar-refractivity contribution in [1.29, 1.82) is 0 Å². The minimum Gasteiger partial charge on any atom is 0 e. The van der Waals surface area contributed by atoms with Gasteiger partial charge >= 0.3 is 0 Å². The van der Waals surface area contributed by atoms with Crippen LogP contribution in [0.1, 0.15) is 0 Å². The molecule has 7 radical (unpaired) electrons. The van der Waals surface area contributed by atoms with Crippen LogP contribution in [0.15, 0.2) is 0 Å². The third kappa shape index (κ3) is 18.4. The first-order chi connectivity index (χ1) is 0. The second-order valence-electron chi connectivity index (χ2n) is 0. The Hall–Kier alpha value is 3.56. The zero-order valence-electron chi connectivity index (χ0n) is 2.09. The van der Waals surface area contributed by atoms with Crippen LogP contribution < -0.4 is 0 Å². The second kappa shape index (κ2) is 25.7. The summed E-state index contributed by atoms with van der Waals surface area (Å²) >= 11 is 0. The molecular formula is GaI4. The van der Waals surface area contributed by atoms with Gasteiger partial charge in [-0.15, -0.1) is 0 Å². The van der Waals surface area contributed by atoms with Crippen LogP contribution in [0.3, 0.4) is 0 Å². The maximum atomic E-state index is 0. The first-order valence-electron chi connectivity index (χ1n) is 0. The smallest absolute Gasteiger partial charge is 0 e. The fraction of sp³-hybridized carbons (Fsp3) is 0. The van der Waals surface area contributed by atoms with Gasteiger partial charge in [0.1, 0.15) is 0 Å². The molecule has 0 aromatic rings. The number of hydrogen-bond donors (Lipinski definition) is 0. The summed E-state index contributed by atoms with van der Waals surface area (Å²) in [6, 6.07) is 0. The summed E-state index contributed by atoms with van der Waals surface area (Å²) < 4.78 is 0. The van der Waals surface area contributed by atoms with E-state index >= 15 is 0 Å². The van der Waals surface area contributed by atoms with Crippen LogP contribution in [0.4, 0.5) is 0 Å². The molecule has 0 N–H and O–H groups in total. The molecule has 0 aliphatic carbocycles. The SMILES string of the molecule is [Ga].[I].[I].[I].[I]. The van der Waals surface area contributed by atoms with E-state index in [0.717, 1.165) is 0 Å². The summed E-state index contributed by atoms with van der Waals surface area (Å²) in [6.07, 6.45) is 0. The summed E-state index contributed by atoms with van der Waals surface area (Å²) in [4.78, 5) is 0. The van der Waals surface area contributed by atoms with Gasteiger partial charge in [0.2, 0.25) is 0 Å². The Bertz CT molecular complexity index is 3.61. The van der Waals surface area contributed by atoms with Crippen LogP contribution in [0.25, 0.3) is 0 Å². The van der Waals surface area contributed by atoms with Crippen molar-refractivity contribution in [1.82, 2.24) is 0 Å². The van der Waals surface area contributed by atoms with Gasteiger partial charge in [-0.3, -0.25) is 0 Å². The molecule has 5 heteroatoms. The molecule has 0 aromatic heterocycles. The number of rotatable bonds is 0. The maximum absolute atomic E-state index is 0. The summed E-state index contributed by atoms with van der Waals surface area (Å²) in [7, 11) is 0. The van der Waals surface area contributed by atoms with Crippen molar-refractivity contribution in [2.75, 3.05) is 0 Å². The summed E-state index contributed by atoms with van der Waals surface area (Å²) in [5.74, 6) is 0. The molecule has 0 aromatic carbocycles. The largest absolute Gasteiger partial charge is 0 e. The predicted molar refractivity (Wildman–Crippen MR) is 61.8 cm³/mol. The standard InChI is InChI=1S/Ga.4I. The van der Waals surface area contributed by atoms with Crippen molar-refractivity contribution in [2.45, 2.75) is 0 Å². The molecule has 0 nitrogen and oxygen atoms in total. The molecule has 0 spiro atoms. The molecule has 0 bridgehead atoms. The molecule has 0 aliphatic heterocycles. The molecule has 0 fully saturated rings. The van der Waals surface area contributed by atoms with E-state index in [4.69, 9.17) is 0 Å². The van der Waals surface area contributed by atoms with Crippen LogP contribution in [0.5, 0.6) is 0 Å². The van der Waals surface area contributed by atoms with E-state index in [2.05, 4.69) is 0 Å². The molecule has 0 amide bonds. The maximum Gasteiger partial charge on any atom is 0 e. The third-order valence-electron chi connectivity index (χ3n) is 0. The van der Waals surface area contributed by atoms with Crippen LogP contribution in [-0.4, -0.2) is 19.8 Å². The Labute approximate surface area is 113 Å². The van der Waals surface area contributed by atoms with E-state index in [9.17, 15) is 0 Å². The van der Waals surface area contributed by atoms with Crippen LogP contribution in [-0.2, 0) is 0 Å². The molecule has 0 rings (SSSR count). The van der Waals surface area contributed by atoms with E-state index in [1.165, 1.54) is 0 Å². The third-order valence-corrected chi connectivity index (χ3v) is 0. The van der Waals surface area contributed by atoms with Crippen molar-refractivity contribution < 1.29 is 0 Å². The van der Waals surface area contributed by atoms with Crippen molar-refractivity contribution in [2.24, 2.45) is 0 Å². The molecule has 31 valence electrons. The Morgan fingerprint density at radius 1 is 0.400 bits per heavy atom. The van der Waals surface area contributed by atoms with Crippen LogP contribution in [0.2, 0.25) is 0 Å². The van der Waals surface area contributed by atoms with E-state index in [1.807, 2.05) is 0 Å². The van der Waals surface area contributed by atoms with Crippen molar-refractivity contribution in [3.8, 4) is 0 Å². The average molecular weight is 577 g/mol. The molecule has 0 saturated carbocycles. The molecule has 5 heavy (non-hydrogen) atoms. The molecule has 0 heterocycles. The molecule has 0 atom stereocenters. The first-order valence-corrected chi connectivity index (χ1v) is 0. The molecule has 0 saturated heterocycles. The normalized spacial score (nSPS) is 0. The fourth-order valence-electron chi connectivity index (χ4n) is 0. The van der Waals surface area contributed by atoms with Gasteiger partial charge in [0.25, 0.3) is 0 Å². The van der Waals surface area contributed by atoms with Gasteiger partial charge in [0, 0.05) is 116 Å². The van der Waals surface area contributed by atoms with E-state index in [0.29, 0.717) is 0 Å². The van der Waals surface area contributed by atoms with Crippen molar-refractivity contribution in [3.05, 3.63) is 0 Å². The Balaban J connectivity index is 0. The summed E-state index contributed by atoms with van der Waals surface area (Å²) in [5.41, 5.74) is 0. The topological polar surface area (TPSA) is 0 Å². The van der Waals surface area contributed by atoms with Crippen LogP contribution >= 0.6 is 95.9 Å². The van der Waals surface area contributed by atoms with Gasteiger partial charge in [-0.2, -0.15) is 0 Å². The van der Waals surface area contributed by atoms with Gasteiger partial charge in [0.05, 0.1) is 0 Å². The minimum absolute atomic E-state index is 0. The molecular weight excluding hydrogens is 577 g/mol. The average Bonchev–Trinajstić information content (AvgIpc) is 0. The Morgan fingerprint density at radius 2 is 0.400 bits per heavy atom. The Kier molecular flexibility index (Phi) is 198. The van der Waals surface area contributed by atoms with Crippen LogP contribution in [0, 0.1) is 0 Å². The minimum atomic E-state index is 0. The quantitative estimate of drug-likeness (QED) is 0.307. The predicted octanol–water partition coefficient (Wildman–Crippen LogP) is 3.16. The zero-order chi connectivity index (χ0) is 0. The second-order valence-corrected chi connectivity index (χ2v) is 0. The van der Waals surface area contributed by atoms with E-state index in [-0.39, 0.29) is 116 Å². The van der Waals surface area contributed by atoms with Gasteiger partial charge < -0.3 is 0 Å². The first kappa shape index (κ1) is 38.6. The van der Waals surface area contributed by atoms with Crippen molar-refractivity contribution >= 4 is 116 Å². The Morgan fingerprint density at radius 3 is 0.400 bits per heavy atom. The van der Waals surface area contributed by atoms with Gasteiger partial charge in [0.15, 0.2) is 0 Å². The fourth-order valence-corrected chi connectivity index (χ4v) is 0. The number of hydrogen-bond acceptors (Lipinski definition) is 0. The summed E-state index contributed by atoms with van der Waals surface area (Å²) in [5, 5.41) is 0. The van der Waals surface area contributed by atoms with E-state index in [1.54, 1.807) is 0 Å². The molecule has 0 aliphatic rings. The van der Waals surface area contributed by atoms with Crippen molar-refractivity contribution in [3.63, 3.8) is 0 Å². The van der Waals surface area contributed by atoms with Gasteiger partial charge in [-0.05, 0) is 0 Å². The molecule has 0 unspecified atom stereocenters. The monoisotopic (exact) mass is 577 g/mol.